The van der Waals surface area contributed by atoms with Gasteiger partial charge in [-0.25, -0.2) is 14.4 Å². The van der Waals surface area contributed by atoms with Gasteiger partial charge in [0.2, 0.25) is 0 Å². The van der Waals surface area contributed by atoms with Gasteiger partial charge < -0.3 is 25.4 Å². The minimum absolute atomic E-state index is 0.308. The van der Waals surface area contributed by atoms with Gasteiger partial charge in [0.05, 0.1) is 7.11 Å². The lowest BCUT2D eigenvalue weighted by atomic mass is 9.93. The van der Waals surface area contributed by atoms with Crippen LogP contribution in [0.15, 0.2) is 0 Å². The van der Waals surface area contributed by atoms with Crippen LogP contribution in [0.4, 0.5) is 0 Å². The van der Waals surface area contributed by atoms with E-state index in [-0.39, 0.29) is 0 Å². The van der Waals surface area contributed by atoms with Crippen molar-refractivity contribution < 1.29 is 34.4 Å². The van der Waals surface area contributed by atoms with E-state index in [0.717, 1.165) is 7.11 Å². The van der Waals surface area contributed by atoms with E-state index in [0.29, 0.717) is 25.9 Å². The van der Waals surface area contributed by atoms with Crippen LogP contribution in [-0.4, -0.2) is 59.0 Å². The summed E-state index contributed by atoms with van der Waals surface area (Å²) in [5.41, 5.74) is -1.47. The van der Waals surface area contributed by atoms with Gasteiger partial charge in [0.15, 0.2) is 5.60 Å². The molecule has 0 saturated carbocycles. The molecule has 1 saturated heterocycles. The van der Waals surface area contributed by atoms with Gasteiger partial charge in [0.25, 0.3) is 0 Å². The van der Waals surface area contributed by atoms with Gasteiger partial charge in [-0.15, -0.1) is 0 Å². The summed E-state index contributed by atoms with van der Waals surface area (Å²) in [7, 11) is 1.01. The van der Waals surface area contributed by atoms with E-state index in [1.165, 1.54) is 0 Å². The third kappa shape index (κ3) is 5.27. The maximum absolute atomic E-state index is 10.4. The molecule has 1 fully saturated rings. The van der Waals surface area contributed by atoms with Crippen molar-refractivity contribution in [1.29, 1.82) is 0 Å². The monoisotopic (exact) mass is 249 g/mol. The minimum Gasteiger partial charge on any atom is -0.479 e. The standard InChI is InChI=1S/C6H11NO3.C3H4O4/c8-5(9)6(10)1-3-7-4-2-6;1-7-3(6)2(4)5/h7,10H,1-4H2,(H,8,9);1H3,(H,4,5). The Kier molecular flexibility index (Phi) is 6.15. The number of carbonyl (C=O) groups excluding carboxylic acids is 1. The van der Waals surface area contributed by atoms with Crippen molar-refractivity contribution in [2.24, 2.45) is 0 Å². The number of aliphatic carboxylic acids is 2. The zero-order valence-electron chi connectivity index (χ0n) is 9.30. The van der Waals surface area contributed by atoms with Crippen molar-refractivity contribution in [2.45, 2.75) is 18.4 Å². The summed E-state index contributed by atoms with van der Waals surface area (Å²) >= 11 is 0. The van der Waals surface area contributed by atoms with Gasteiger partial charge in [0, 0.05) is 0 Å². The molecule has 4 N–H and O–H groups in total. The second-order valence-electron chi connectivity index (χ2n) is 3.38. The fourth-order valence-corrected chi connectivity index (χ4v) is 1.14. The molecule has 0 unspecified atom stereocenters. The molecule has 8 nitrogen and oxygen atoms in total. The van der Waals surface area contributed by atoms with Gasteiger partial charge in [0.1, 0.15) is 0 Å². The summed E-state index contributed by atoms with van der Waals surface area (Å²) in [5, 5.41) is 28.5. The van der Waals surface area contributed by atoms with Gasteiger partial charge in [-0.2, -0.15) is 0 Å². The molecular formula is C9H15NO7. The number of aliphatic hydroxyl groups is 1. The number of carboxylic acids is 2. The number of piperidine rings is 1. The van der Waals surface area contributed by atoms with Gasteiger partial charge in [-0.1, -0.05) is 0 Å². The van der Waals surface area contributed by atoms with Gasteiger partial charge in [-0.05, 0) is 25.9 Å². The van der Waals surface area contributed by atoms with Crippen molar-refractivity contribution in [2.75, 3.05) is 20.2 Å². The molecule has 8 heteroatoms. The summed E-state index contributed by atoms with van der Waals surface area (Å²) in [5.74, 6) is -3.91. The first-order valence-electron chi connectivity index (χ1n) is 4.81. The molecule has 98 valence electrons. The van der Waals surface area contributed by atoms with Crippen molar-refractivity contribution in [3.05, 3.63) is 0 Å². The topological polar surface area (TPSA) is 133 Å². The lowest BCUT2D eigenvalue weighted by Gasteiger charge is -2.27. The summed E-state index contributed by atoms with van der Waals surface area (Å²) in [4.78, 5) is 29.5. The quantitative estimate of drug-likeness (QED) is 0.323. The number of hydrogen-bond donors (Lipinski definition) is 4. The number of rotatable bonds is 1. The first-order chi connectivity index (χ1) is 7.83. The molecule has 0 aromatic rings. The van der Waals surface area contributed by atoms with Crippen LogP contribution in [-0.2, 0) is 19.1 Å². The number of carbonyl (C=O) groups is 3. The summed E-state index contributed by atoms with van der Waals surface area (Å²) in [6.07, 6.45) is 0.616. The minimum atomic E-state index is -1.57. The van der Waals surface area contributed by atoms with Gasteiger partial charge >= 0.3 is 17.9 Å². The van der Waals surface area contributed by atoms with E-state index >= 15 is 0 Å². The smallest absolute Gasteiger partial charge is 0.417 e. The van der Waals surface area contributed by atoms with Crippen LogP contribution < -0.4 is 5.32 Å². The largest absolute Gasteiger partial charge is 0.479 e. The molecule has 17 heavy (non-hydrogen) atoms. The average Bonchev–Trinajstić information content (AvgIpc) is 2.29. The number of methoxy groups -OCH3 is 1. The van der Waals surface area contributed by atoms with Crippen LogP contribution in [0.25, 0.3) is 0 Å². The van der Waals surface area contributed by atoms with Crippen molar-refractivity contribution in [1.82, 2.24) is 5.32 Å². The van der Waals surface area contributed by atoms with Crippen LogP contribution in [0.2, 0.25) is 0 Å². The number of hydrogen-bond acceptors (Lipinski definition) is 6. The second-order valence-corrected chi connectivity index (χ2v) is 3.38. The lowest BCUT2D eigenvalue weighted by molar-refractivity contribution is -0.161. The number of esters is 1. The molecule has 0 bridgehead atoms. The Morgan fingerprint density at radius 1 is 1.18 bits per heavy atom. The highest BCUT2D eigenvalue weighted by Gasteiger charge is 2.36. The molecule has 1 aliphatic rings. The number of carboxylic acid groups (broad SMARTS) is 2. The molecule has 0 aromatic heterocycles. The molecule has 0 aromatic carbocycles. The van der Waals surface area contributed by atoms with Crippen molar-refractivity contribution in [3.8, 4) is 0 Å². The highest BCUT2D eigenvalue weighted by atomic mass is 16.5. The average molecular weight is 249 g/mol. The Hall–Kier alpha value is -1.67. The zero-order chi connectivity index (χ0) is 13.5. The molecule has 1 rings (SSSR count). The summed E-state index contributed by atoms with van der Waals surface area (Å²) < 4.78 is 3.77. The molecular weight excluding hydrogens is 234 g/mol. The van der Waals surface area contributed by atoms with E-state index < -0.39 is 23.5 Å². The number of ether oxygens (including phenoxy) is 1. The van der Waals surface area contributed by atoms with E-state index in [2.05, 4.69) is 10.1 Å². The van der Waals surface area contributed by atoms with Crippen LogP contribution in [0, 0.1) is 0 Å². The van der Waals surface area contributed by atoms with E-state index in [4.69, 9.17) is 10.2 Å². The molecule has 0 aliphatic carbocycles. The van der Waals surface area contributed by atoms with Crippen molar-refractivity contribution in [3.63, 3.8) is 0 Å². The van der Waals surface area contributed by atoms with Crippen LogP contribution in [0.3, 0.4) is 0 Å². The predicted molar refractivity (Wildman–Crippen MR) is 54.3 cm³/mol. The van der Waals surface area contributed by atoms with E-state index in [1.807, 2.05) is 0 Å². The maximum Gasteiger partial charge on any atom is 0.417 e. The van der Waals surface area contributed by atoms with Crippen LogP contribution >= 0.6 is 0 Å². The molecule has 0 radical (unpaired) electrons. The first-order valence-corrected chi connectivity index (χ1v) is 4.81. The van der Waals surface area contributed by atoms with Crippen LogP contribution in [0.1, 0.15) is 12.8 Å². The molecule has 1 aliphatic heterocycles. The molecule has 1 heterocycles. The van der Waals surface area contributed by atoms with Crippen molar-refractivity contribution >= 4 is 17.9 Å². The Labute approximate surface area is 97.2 Å². The maximum atomic E-state index is 10.4. The first kappa shape index (κ1) is 15.3. The highest BCUT2D eigenvalue weighted by molar-refractivity contribution is 6.28. The van der Waals surface area contributed by atoms with E-state index in [9.17, 15) is 19.5 Å². The predicted octanol–water partition coefficient (Wildman–Crippen LogP) is -1.57. The van der Waals surface area contributed by atoms with Gasteiger partial charge in [-0.3, -0.25) is 0 Å². The lowest BCUT2D eigenvalue weighted by Crippen LogP contribution is -2.47. The summed E-state index contributed by atoms with van der Waals surface area (Å²) in [6.45, 7) is 1.17. The van der Waals surface area contributed by atoms with E-state index in [1.54, 1.807) is 0 Å². The SMILES string of the molecule is COC(=O)C(=O)O.O=C(O)C1(O)CCNCC1. The zero-order valence-corrected chi connectivity index (χ0v) is 9.30. The number of nitrogens with one attached hydrogen (secondary N) is 1. The van der Waals surface area contributed by atoms with Crippen LogP contribution in [0.5, 0.6) is 0 Å². The third-order valence-electron chi connectivity index (χ3n) is 2.19. The Balaban J connectivity index is 0.000000325. The molecule has 0 atom stereocenters. The highest BCUT2D eigenvalue weighted by Crippen LogP contribution is 2.17. The fraction of sp³-hybridized carbons (Fsp3) is 0.667. The fourth-order valence-electron chi connectivity index (χ4n) is 1.14. The molecule has 0 amide bonds. The summed E-state index contributed by atoms with van der Waals surface area (Å²) in [6, 6.07) is 0. The Bertz CT molecular complexity index is 296. The third-order valence-corrected chi connectivity index (χ3v) is 2.19. The normalized spacial score (nSPS) is 17.3. The Morgan fingerprint density at radius 3 is 1.82 bits per heavy atom. The Morgan fingerprint density at radius 2 is 1.65 bits per heavy atom. The molecule has 0 spiro atoms. The second kappa shape index (κ2) is 6.81.